The molecule has 3 aromatic heterocycles. The molecule has 4 aromatic rings. The van der Waals surface area contributed by atoms with Crippen LogP contribution in [-0.4, -0.2) is 26.8 Å². The number of hydrogen-bond donors (Lipinski definition) is 1. The number of nitrogens with one attached hydrogen (secondary N) is 1. The van der Waals surface area contributed by atoms with Crippen molar-refractivity contribution in [3.05, 3.63) is 76.7 Å². The summed E-state index contributed by atoms with van der Waals surface area (Å²) in [5.41, 5.74) is 2.08. The highest BCUT2D eigenvalue weighted by atomic mass is 32.1. The molecular weight excluding hydrogens is 413 g/mol. The number of carbonyl (C=O) groups is 1. The predicted molar refractivity (Wildman–Crippen MR) is 109 cm³/mol. The number of aryl methyl sites for hydroxylation is 1. The average molecular weight is 430 g/mol. The number of benzene rings is 1. The van der Waals surface area contributed by atoms with Gasteiger partial charge in [0.15, 0.2) is 0 Å². The first kappa shape index (κ1) is 20.1. The summed E-state index contributed by atoms with van der Waals surface area (Å²) in [6.45, 7) is 2.12. The van der Waals surface area contributed by atoms with Crippen molar-refractivity contribution in [3.63, 3.8) is 0 Å². The molecule has 0 atom stereocenters. The van der Waals surface area contributed by atoms with Gasteiger partial charge in [0.05, 0.1) is 17.0 Å². The maximum absolute atomic E-state index is 12.7. The second kappa shape index (κ2) is 7.91. The van der Waals surface area contributed by atoms with Gasteiger partial charge in [-0.25, -0.2) is 9.97 Å². The number of halogens is 3. The van der Waals surface area contributed by atoms with Gasteiger partial charge in [-0.05, 0) is 31.2 Å². The van der Waals surface area contributed by atoms with E-state index in [0.29, 0.717) is 34.1 Å². The normalized spacial score (nSPS) is 11.7. The Morgan fingerprint density at radius 1 is 1.13 bits per heavy atom. The fourth-order valence-electron chi connectivity index (χ4n) is 3.02. The van der Waals surface area contributed by atoms with Crippen molar-refractivity contribution in [3.8, 4) is 10.6 Å². The van der Waals surface area contributed by atoms with Crippen LogP contribution in [0.15, 0.2) is 54.9 Å². The van der Waals surface area contributed by atoms with E-state index >= 15 is 0 Å². The minimum atomic E-state index is -4.39. The van der Waals surface area contributed by atoms with Crippen molar-refractivity contribution >= 4 is 22.9 Å². The second-order valence-corrected chi connectivity index (χ2v) is 7.71. The third-order valence-corrected chi connectivity index (χ3v) is 5.75. The molecule has 0 saturated heterocycles. The number of pyridine rings is 1. The second-order valence-electron chi connectivity index (χ2n) is 6.71. The van der Waals surface area contributed by atoms with Gasteiger partial charge < -0.3 is 9.72 Å². The van der Waals surface area contributed by atoms with Crippen LogP contribution in [0.25, 0.3) is 16.2 Å². The van der Waals surface area contributed by atoms with Crippen LogP contribution in [0.2, 0.25) is 0 Å². The molecule has 0 spiro atoms. The summed E-state index contributed by atoms with van der Waals surface area (Å²) < 4.78 is 40.1. The number of alkyl halides is 3. The summed E-state index contributed by atoms with van der Waals surface area (Å²) >= 11 is 1.16. The first-order valence-corrected chi connectivity index (χ1v) is 9.99. The first-order valence-electron chi connectivity index (χ1n) is 9.17. The Hall–Kier alpha value is -3.20. The molecular formula is C21H17F3N4OS. The zero-order valence-electron chi connectivity index (χ0n) is 15.9. The monoisotopic (exact) mass is 430 g/mol. The molecule has 9 heteroatoms. The molecule has 3 heterocycles. The molecule has 0 fully saturated rings. The molecule has 0 aliphatic carbocycles. The van der Waals surface area contributed by atoms with Gasteiger partial charge in [-0.3, -0.25) is 4.79 Å². The number of amides is 1. The molecule has 30 heavy (non-hydrogen) atoms. The Morgan fingerprint density at radius 3 is 2.60 bits per heavy atom. The molecule has 5 nitrogen and oxygen atoms in total. The van der Waals surface area contributed by atoms with E-state index in [1.54, 1.807) is 6.92 Å². The SMILES string of the molecule is Cc1nc(-c2ccc(C(F)(F)F)cc2)sc1C(=O)NCCc1cn2ccccc2n1. The highest BCUT2D eigenvalue weighted by Gasteiger charge is 2.30. The highest BCUT2D eigenvalue weighted by Crippen LogP contribution is 2.33. The summed E-state index contributed by atoms with van der Waals surface area (Å²) in [7, 11) is 0. The lowest BCUT2D eigenvalue weighted by Crippen LogP contribution is -2.25. The van der Waals surface area contributed by atoms with Crippen LogP contribution in [0.3, 0.4) is 0 Å². The average Bonchev–Trinajstić information content (AvgIpc) is 3.30. The Labute approximate surface area is 174 Å². The molecule has 0 unspecified atom stereocenters. The lowest BCUT2D eigenvalue weighted by atomic mass is 10.1. The van der Waals surface area contributed by atoms with E-state index in [-0.39, 0.29) is 5.91 Å². The number of nitrogens with zero attached hydrogens (tertiary/aromatic N) is 3. The maximum Gasteiger partial charge on any atom is 0.416 e. The van der Waals surface area contributed by atoms with Crippen LogP contribution in [0.1, 0.15) is 26.6 Å². The zero-order chi connectivity index (χ0) is 21.3. The van der Waals surface area contributed by atoms with Crippen LogP contribution in [0.5, 0.6) is 0 Å². The third-order valence-electron chi connectivity index (χ3n) is 4.54. The summed E-state index contributed by atoms with van der Waals surface area (Å²) in [4.78, 5) is 21.8. The lowest BCUT2D eigenvalue weighted by Gasteiger charge is -2.06. The number of hydrogen-bond acceptors (Lipinski definition) is 4. The predicted octanol–water partition coefficient (Wildman–Crippen LogP) is 4.76. The van der Waals surface area contributed by atoms with Crippen LogP contribution < -0.4 is 5.32 Å². The zero-order valence-corrected chi connectivity index (χ0v) is 16.7. The van der Waals surface area contributed by atoms with E-state index in [2.05, 4.69) is 15.3 Å². The Kier molecular flexibility index (Phi) is 5.29. The van der Waals surface area contributed by atoms with Gasteiger partial charge in [-0.15, -0.1) is 11.3 Å². The quantitative estimate of drug-likeness (QED) is 0.497. The fraction of sp³-hybridized carbons (Fsp3) is 0.190. The number of thiazole rings is 1. The smallest absolute Gasteiger partial charge is 0.351 e. The van der Waals surface area contributed by atoms with Gasteiger partial charge in [-0.1, -0.05) is 18.2 Å². The van der Waals surface area contributed by atoms with Gasteiger partial charge >= 0.3 is 6.18 Å². The molecule has 0 aliphatic heterocycles. The Balaban J connectivity index is 1.41. The number of aromatic nitrogens is 3. The molecule has 1 aromatic carbocycles. The van der Waals surface area contributed by atoms with Crippen molar-refractivity contribution < 1.29 is 18.0 Å². The van der Waals surface area contributed by atoms with E-state index in [1.807, 2.05) is 35.0 Å². The van der Waals surface area contributed by atoms with E-state index in [1.165, 1.54) is 12.1 Å². The molecule has 1 amide bonds. The number of carbonyl (C=O) groups excluding carboxylic acids is 1. The Morgan fingerprint density at radius 2 is 1.90 bits per heavy atom. The Bertz CT molecular complexity index is 1160. The highest BCUT2D eigenvalue weighted by molar-refractivity contribution is 7.17. The van der Waals surface area contributed by atoms with Crippen LogP contribution in [-0.2, 0) is 12.6 Å². The lowest BCUT2D eigenvalue weighted by molar-refractivity contribution is -0.137. The van der Waals surface area contributed by atoms with Crippen molar-refractivity contribution in [1.29, 1.82) is 0 Å². The van der Waals surface area contributed by atoms with Gasteiger partial charge in [0, 0.05) is 30.9 Å². The molecule has 0 saturated carbocycles. The molecule has 4 rings (SSSR count). The number of imidazole rings is 1. The molecule has 0 aliphatic rings. The topological polar surface area (TPSA) is 59.3 Å². The van der Waals surface area contributed by atoms with Crippen molar-refractivity contribution in [2.75, 3.05) is 6.54 Å². The summed E-state index contributed by atoms with van der Waals surface area (Å²) in [5.74, 6) is -0.257. The molecule has 1 N–H and O–H groups in total. The van der Waals surface area contributed by atoms with Crippen LogP contribution >= 0.6 is 11.3 Å². The van der Waals surface area contributed by atoms with Crippen molar-refractivity contribution in [2.45, 2.75) is 19.5 Å². The van der Waals surface area contributed by atoms with E-state index < -0.39 is 11.7 Å². The largest absolute Gasteiger partial charge is 0.416 e. The third kappa shape index (κ3) is 4.20. The fourth-order valence-corrected chi connectivity index (χ4v) is 4.01. The molecule has 0 radical (unpaired) electrons. The van der Waals surface area contributed by atoms with E-state index in [0.717, 1.165) is 34.8 Å². The van der Waals surface area contributed by atoms with Crippen molar-refractivity contribution in [2.24, 2.45) is 0 Å². The molecule has 154 valence electrons. The van der Waals surface area contributed by atoms with Gasteiger partial charge in [0.1, 0.15) is 15.5 Å². The first-order chi connectivity index (χ1) is 14.3. The van der Waals surface area contributed by atoms with E-state index in [4.69, 9.17) is 0 Å². The number of rotatable bonds is 5. The summed E-state index contributed by atoms with van der Waals surface area (Å²) in [5, 5.41) is 3.37. The van der Waals surface area contributed by atoms with Crippen LogP contribution in [0.4, 0.5) is 13.2 Å². The maximum atomic E-state index is 12.7. The summed E-state index contributed by atoms with van der Waals surface area (Å²) in [6, 6.07) is 10.5. The number of fused-ring (bicyclic) bond motifs is 1. The van der Waals surface area contributed by atoms with E-state index in [9.17, 15) is 18.0 Å². The van der Waals surface area contributed by atoms with Gasteiger partial charge in [0.2, 0.25) is 0 Å². The van der Waals surface area contributed by atoms with Crippen molar-refractivity contribution in [1.82, 2.24) is 19.7 Å². The molecule has 0 bridgehead atoms. The standard InChI is InChI=1S/C21H17F3N4OS/c1-13-18(30-20(26-13)14-5-7-15(8-6-14)21(22,23)24)19(29)25-10-9-16-12-28-11-3-2-4-17(28)27-16/h2-8,11-12H,9-10H2,1H3,(H,25,29). The van der Waals surface area contributed by atoms with Gasteiger partial charge in [-0.2, -0.15) is 13.2 Å². The summed E-state index contributed by atoms with van der Waals surface area (Å²) in [6.07, 6.45) is 0.0241. The minimum absolute atomic E-state index is 0.257. The minimum Gasteiger partial charge on any atom is -0.351 e. The van der Waals surface area contributed by atoms with Crippen LogP contribution in [0, 0.1) is 6.92 Å². The van der Waals surface area contributed by atoms with Gasteiger partial charge in [0.25, 0.3) is 5.91 Å².